The number of aromatic nitrogens is 5. The summed E-state index contributed by atoms with van der Waals surface area (Å²) in [6.45, 7) is 12.9. The van der Waals surface area contributed by atoms with Crippen LogP contribution in [0.1, 0.15) is 77.6 Å². The smallest absolute Gasteiger partial charge is 0.410 e. The summed E-state index contributed by atoms with van der Waals surface area (Å²) >= 11 is 14.1. The van der Waals surface area contributed by atoms with Crippen LogP contribution in [0.3, 0.4) is 0 Å². The molecule has 3 fully saturated rings. The molecule has 3 aromatic heterocycles. The van der Waals surface area contributed by atoms with Gasteiger partial charge in [-0.1, -0.05) is 23.2 Å². The Morgan fingerprint density at radius 1 is 0.981 bits per heavy atom. The number of piperidine rings is 1. The first-order valence-electron chi connectivity index (χ1n) is 18.5. The number of halogens is 3. The van der Waals surface area contributed by atoms with Crippen molar-refractivity contribution in [3.63, 3.8) is 0 Å². The number of carbonyl (C=O) groups is 1. The molecule has 0 bridgehead atoms. The molecule has 1 atom stereocenters. The lowest BCUT2D eigenvalue weighted by Crippen LogP contribution is -2.67. The standard InChI is InChI=1S/C39H47Cl2FN8O3/c1-22-27(40)17-29-25(18-44-50(29)30-10-8-9-15-52-30)31(22)32-28(41)16-24-34(33(32)42)45-36(48-20-39(5,21-48)46(6)7)26-19-43-49(35(24)26)23-11-13-47(14-12-23)37(51)53-38(2,3)4/h16-19,23,30H,8-15,20-21H2,1-7H3. The zero-order chi connectivity index (χ0) is 37.6. The van der Waals surface area contributed by atoms with Crippen molar-refractivity contribution in [3.05, 3.63) is 46.0 Å². The van der Waals surface area contributed by atoms with E-state index < -0.39 is 11.4 Å². The maximum atomic E-state index is 17.6. The van der Waals surface area contributed by atoms with Crippen molar-refractivity contribution in [2.75, 3.05) is 51.8 Å². The number of pyridine rings is 1. The van der Waals surface area contributed by atoms with Gasteiger partial charge in [-0.05, 0) is 98.5 Å². The van der Waals surface area contributed by atoms with Crippen LogP contribution in [0.2, 0.25) is 10.0 Å². The first-order chi connectivity index (χ1) is 25.1. The minimum atomic E-state index is -0.574. The Labute approximate surface area is 318 Å². The Morgan fingerprint density at radius 2 is 1.68 bits per heavy atom. The van der Waals surface area contributed by atoms with E-state index in [2.05, 4.69) is 30.8 Å². The highest BCUT2D eigenvalue weighted by Gasteiger charge is 2.42. The van der Waals surface area contributed by atoms with E-state index in [4.69, 9.17) is 47.9 Å². The largest absolute Gasteiger partial charge is 0.444 e. The second-order valence-corrected chi connectivity index (χ2v) is 17.2. The number of benzene rings is 2. The summed E-state index contributed by atoms with van der Waals surface area (Å²) in [4.78, 5) is 24.1. The van der Waals surface area contributed by atoms with Gasteiger partial charge < -0.3 is 24.2 Å². The normalized spacial score (nSPS) is 19.9. The van der Waals surface area contributed by atoms with Crippen LogP contribution >= 0.6 is 23.2 Å². The van der Waals surface area contributed by atoms with Crippen LogP contribution in [-0.2, 0) is 9.47 Å². The van der Waals surface area contributed by atoms with Gasteiger partial charge in [-0.2, -0.15) is 10.2 Å². The predicted octanol–water partition coefficient (Wildman–Crippen LogP) is 8.77. The van der Waals surface area contributed by atoms with Gasteiger partial charge in [0.1, 0.15) is 16.9 Å². The fourth-order valence-corrected chi connectivity index (χ4v) is 8.64. The van der Waals surface area contributed by atoms with Crippen LogP contribution in [0.4, 0.5) is 15.0 Å². The Kier molecular flexibility index (Phi) is 9.07. The van der Waals surface area contributed by atoms with Gasteiger partial charge in [-0.15, -0.1) is 0 Å². The number of hydrogen-bond acceptors (Lipinski definition) is 8. The summed E-state index contributed by atoms with van der Waals surface area (Å²) in [6, 6.07) is 3.67. The molecule has 1 unspecified atom stereocenters. The number of hydrogen-bond donors (Lipinski definition) is 0. The fourth-order valence-electron chi connectivity index (χ4n) is 8.16. The minimum Gasteiger partial charge on any atom is -0.444 e. The molecule has 0 radical (unpaired) electrons. The van der Waals surface area contributed by atoms with Crippen molar-refractivity contribution in [1.29, 1.82) is 0 Å². The van der Waals surface area contributed by atoms with Crippen LogP contribution in [0.15, 0.2) is 24.5 Å². The highest BCUT2D eigenvalue weighted by Crippen LogP contribution is 2.46. The molecule has 0 saturated carbocycles. The summed E-state index contributed by atoms with van der Waals surface area (Å²) in [5, 5.41) is 12.5. The Hall–Kier alpha value is -3.71. The molecule has 2 aromatic carbocycles. The SMILES string of the molecule is Cc1c(Cl)cc2c(cnn2C2CCCCO2)c1-c1c(Cl)cc2c(nc(N3CC(C)(N(C)C)C3)c3cnn(C4CCN(C(=O)OC(C)(C)C)CC4)c32)c1F. The van der Waals surface area contributed by atoms with Crippen molar-refractivity contribution in [2.45, 2.75) is 90.1 Å². The van der Waals surface area contributed by atoms with Gasteiger partial charge in [0.05, 0.1) is 45.4 Å². The van der Waals surface area contributed by atoms with E-state index in [0.29, 0.717) is 59.9 Å². The van der Waals surface area contributed by atoms with Gasteiger partial charge in [-0.3, -0.25) is 4.68 Å². The maximum absolute atomic E-state index is 17.6. The van der Waals surface area contributed by atoms with Gasteiger partial charge in [-0.25, -0.2) is 18.9 Å². The first-order valence-corrected chi connectivity index (χ1v) is 19.3. The number of nitrogens with zero attached hydrogens (tertiary/aromatic N) is 8. The molecule has 282 valence electrons. The van der Waals surface area contributed by atoms with Gasteiger partial charge in [0.15, 0.2) is 12.0 Å². The molecule has 0 N–H and O–H groups in total. The maximum Gasteiger partial charge on any atom is 0.410 e. The Balaban J connectivity index is 1.27. The van der Waals surface area contributed by atoms with Crippen molar-refractivity contribution >= 4 is 67.8 Å². The van der Waals surface area contributed by atoms with Crippen LogP contribution in [0.25, 0.3) is 43.8 Å². The molecule has 3 aliphatic rings. The molecule has 3 saturated heterocycles. The predicted molar refractivity (Wildman–Crippen MR) is 208 cm³/mol. The van der Waals surface area contributed by atoms with Gasteiger partial charge in [0.25, 0.3) is 0 Å². The molecular weight excluding hydrogens is 718 g/mol. The Bertz CT molecular complexity index is 2240. The summed E-state index contributed by atoms with van der Waals surface area (Å²) in [5.41, 5.74) is 2.67. The number of likely N-dealkylation sites (tertiary alicyclic amines) is 1. The van der Waals surface area contributed by atoms with E-state index in [0.717, 1.165) is 54.2 Å². The summed E-state index contributed by atoms with van der Waals surface area (Å²) < 4.78 is 33.2. The minimum absolute atomic E-state index is 0.0303. The van der Waals surface area contributed by atoms with E-state index in [-0.39, 0.29) is 40.0 Å². The highest BCUT2D eigenvalue weighted by molar-refractivity contribution is 6.36. The number of ether oxygens (including phenoxy) is 2. The second-order valence-electron chi connectivity index (χ2n) is 16.4. The van der Waals surface area contributed by atoms with E-state index in [9.17, 15) is 4.79 Å². The van der Waals surface area contributed by atoms with Crippen molar-refractivity contribution in [3.8, 4) is 11.1 Å². The van der Waals surface area contributed by atoms with Crippen molar-refractivity contribution in [1.82, 2.24) is 34.3 Å². The van der Waals surface area contributed by atoms with Crippen LogP contribution in [-0.4, -0.2) is 98.5 Å². The third kappa shape index (κ3) is 6.19. The second kappa shape index (κ2) is 13.2. The molecular formula is C39H47Cl2FN8O3. The number of carbonyl (C=O) groups excluding carboxylic acids is 1. The third-order valence-corrected chi connectivity index (χ3v) is 12.1. The van der Waals surface area contributed by atoms with Gasteiger partial charge >= 0.3 is 6.09 Å². The Morgan fingerprint density at radius 3 is 2.34 bits per heavy atom. The molecule has 0 aliphatic carbocycles. The molecule has 53 heavy (non-hydrogen) atoms. The average molecular weight is 766 g/mol. The van der Waals surface area contributed by atoms with E-state index in [1.54, 1.807) is 11.1 Å². The summed E-state index contributed by atoms with van der Waals surface area (Å²) in [6.07, 6.45) is 7.28. The lowest BCUT2D eigenvalue weighted by molar-refractivity contribution is -0.0366. The third-order valence-electron chi connectivity index (χ3n) is 11.4. The van der Waals surface area contributed by atoms with E-state index in [1.807, 2.05) is 55.4 Å². The van der Waals surface area contributed by atoms with E-state index >= 15 is 4.39 Å². The number of rotatable bonds is 5. The molecule has 8 rings (SSSR count). The molecule has 1 amide bonds. The quantitative estimate of drug-likeness (QED) is 0.175. The summed E-state index contributed by atoms with van der Waals surface area (Å²) in [7, 11) is 4.15. The summed E-state index contributed by atoms with van der Waals surface area (Å²) in [5.74, 6) is 0.166. The van der Waals surface area contributed by atoms with Gasteiger partial charge in [0.2, 0.25) is 0 Å². The number of amides is 1. The topological polar surface area (TPSA) is 93.8 Å². The van der Waals surface area contributed by atoms with Crippen LogP contribution < -0.4 is 4.90 Å². The van der Waals surface area contributed by atoms with Crippen molar-refractivity contribution < 1.29 is 18.7 Å². The lowest BCUT2D eigenvalue weighted by atomic mass is 9.90. The van der Waals surface area contributed by atoms with E-state index in [1.165, 1.54) is 0 Å². The molecule has 3 aliphatic heterocycles. The monoisotopic (exact) mass is 764 g/mol. The number of likely N-dealkylation sites (N-methyl/N-ethyl adjacent to an activating group) is 1. The first kappa shape index (κ1) is 36.3. The average Bonchev–Trinajstić information content (AvgIpc) is 3.73. The molecule has 0 spiro atoms. The highest BCUT2D eigenvalue weighted by atomic mass is 35.5. The van der Waals surface area contributed by atoms with Crippen molar-refractivity contribution in [2.24, 2.45) is 0 Å². The molecule has 14 heteroatoms. The van der Waals surface area contributed by atoms with Gasteiger partial charge in [0, 0.05) is 59.7 Å². The van der Waals surface area contributed by atoms with Crippen LogP contribution in [0.5, 0.6) is 0 Å². The van der Waals surface area contributed by atoms with Crippen LogP contribution in [0, 0.1) is 12.7 Å². The molecule has 11 nitrogen and oxygen atoms in total. The zero-order valence-electron chi connectivity index (χ0n) is 31.5. The fraction of sp³-hybridized carbons (Fsp3) is 0.538. The molecule has 6 heterocycles. The lowest BCUT2D eigenvalue weighted by Gasteiger charge is -2.52. The number of anilines is 1. The number of fused-ring (bicyclic) bond motifs is 4. The molecule has 5 aromatic rings. The zero-order valence-corrected chi connectivity index (χ0v) is 33.0.